The standard InChI is InChI=1S/C29H45NO/c1-26(2,3)21-13-19(14-22(17-21)27(4,5)6)25(30-31)20-15-23(28(7,8)9)18-24(16-20)29(10,11)12/h13-18,25,30-31H,1-12H3. The van der Waals surface area contributed by atoms with Gasteiger partial charge in [-0.25, -0.2) is 0 Å². The molecule has 2 aromatic rings. The molecule has 2 nitrogen and oxygen atoms in total. The first-order chi connectivity index (χ1) is 13.8. The molecule has 2 heteroatoms. The van der Waals surface area contributed by atoms with Crippen LogP contribution in [0, 0.1) is 0 Å². The van der Waals surface area contributed by atoms with Crippen molar-refractivity contribution in [3.05, 3.63) is 69.8 Å². The second-order valence-electron chi connectivity index (χ2n) is 13.2. The molecular formula is C29H45NO. The lowest BCUT2D eigenvalue weighted by molar-refractivity contribution is 0.141. The van der Waals surface area contributed by atoms with Gasteiger partial charge in [-0.2, -0.15) is 5.48 Å². The van der Waals surface area contributed by atoms with E-state index in [9.17, 15) is 5.21 Å². The zero-order valence-corrected chi connectivity index (χ0v) is 22.0. The van der Waals surface area contributed by atoms with Crippen LogP contribution in [-0.2, 0) is 21.7 Å². The topological polar surface area (TPSA) is 32.3 Å². The highest BCUT2D eigenvalue weighted by Gasteiger charge is 2.26. The second-order valence-corrected chi connectivity index (χ2v) is 13.2. The summed E-state index contributed by atoms with van der Waals surface area (Å²) in [5.74, 6) is 0. The van der Waals surface area contributed by atoms with Gasteiger partial charge in [0.2, 0.25) is 0 Å². The molecular weight excluding hydrogens is 378 g/mol. The van der Waals surface area contributed by atoms with Crippen molar-refractivity contribution in [3.8, 4) is 0 Å². The van der Waals surface area contributed by atoms with Crippen LogP contribution in [-0.4, -0.2) is 5.21 Å². The van der Waals surface area contributed by atoms with Gasteiger partial charge in [0.25, 0.3) is 0 Å². The summed E-state index contributed by atoms with van der Waals surface area (Å²) >= 11 is 0. The average Bonchev–Trinajstić information content (AvgIpc) is 2.59. The Bertz CT molecular complexity index is 772. The van der Waals surface area contributed by atoms with E-state index in [1.54, 1.807) is 0 Å². The van der Waals surface area contributed by atoms with E-state index in [0.29, 0.717) is 0 Å². The van der Waals surface area contributed by atoms with E-state index in [0.717, 1.165) is 11.1 Å². The first kappa shape index (κ1) is 25.6. The van der Waals surface area contributed by atoms with Crippen LogP contribution < -0.4 is 5.48 Å². The number of hydrogen-bond donors (Lipinski definition) is 2. The summed E-state index contributed by atoms with van der Waals surface area (Å²) in [6.07, 6.45) is 0. The predicted octanol–water partition coefficient (Wildman–Crippen LogP) is 7.94. The molecule has 0 radical (unpaired) electrons. The smallest absolute Gasteiger partial charge is 0.0819 e. The quantitative estimate of drug-likeness (QED) is 0.491. The summed E-state index contributed by atoms with van der Waals surface area (Å²) < 4.78 is 0. The fraction of sp³-hybridized carbons (Fsp3) is 0.586. The van der Waals surface area contributed by atoms with Crippen molar-refractivity contribution in [1.29, 1.82) is 0 Å². The first-order valence-electron chi connectivity index (χ1n) is 11.6. The molecule has 2 rings (SSSR count). The third-order valence-electron chi connectivity index (χ3n) is 6.17. The minimum Gasteiger partial charge on any atom is -0.316 e. The van der Waals surface area contributed by atoms with Gasteiger partial charge in [0.05, 0.1) is 6.04 Å². The summed E-state index contributed by atoms with van der Waals surface area (Å²) in [7, 11) is 0. The molecule has 31 heavy (non-hydrogen) atoms. The van der Waals surface area contributed by atoms with Gasteiger partial charge in [0.15, 0.2) is 0 Å². The molecule has 0 aliphatic carbocycles. The molecule has 0 amide bonds. The van der Waals surface area contributed by atoms with Gasteiger partial charge in [-0.1, -0.05) is 119 Å². The van der Waals surface area contributed by atoms with E-state index in [2.05, 4.69) is 125 Å². The van der Waals surface area contributed by atoms with Crippen molar-refractivity contribution in [2.45, 2.75) is 111 Å². The largest absolute Gasteiger partial charge is 0.316 e. The minimum absolute atomic E-state index is 0.0276. The summed E-state index contributed by atoms with van der Waals surface area (Å²) in [5.41, 5.74) is 10.1. The Labute approximate surface area is 191 Å². The van der Waals surface area contributed by atoms with Crippen molar-refractivity contribution in [2.24, 2.45) is 0 Å². The highest BCUT2D eigenvalue weighted by molar-refractivity contribution is 5.45. The lowest BCUT2D eigenvalue weighted by Crippen LogP contribution is -2.24. The van der Waals surface area contributed by atoms with Gasteiger partial charge in [-0.15, -0.1) is 0 Å². The summed E-state index contributed by atoms with van der Waals surface area (Å²) in [4.78, 5) is 0. The van der Waals surface area contributed by atoms with Gasteiger partial charge in [-0.3, -0.25) is 0 Å². The van der Waals surface area contributed by atoms with Crippen LogP contribution in [0.2, 0.25) is 0 Å². The fourth-order valence-corrected chi connectivity index (χ4v) is 3.71. The Hall–Kier alpha value is -1.64. The molecule has 0 aliphatic heterocycles. The molecule has 0 spiro atoms. The highest BCUT2D eigenvalue weighted by Crippen LogP contribution is 2.37. The molecule has 0 aromatic heterocycles. The van der Waals surface area contributed by atoms with E-state index in [-0.39, 0.29) is 27.7 Å². The number of hydroxylamine groups is 1. The number of benzene rings is 2. The molecule has 0 atom stereocenters. The van der Waals surface area contributed by atoms with Crippen LogP contribution in [0.25, 0.3) is 0 Å². The molecule has 0 saturated heterocycles. The molecule has 172 valence electrons. The van der Waals surface area contributed by atoms with E-state index < -0.39 is 0 Å². The highest BCUT2D eigenvalue weighted by atomic mass is 16.5. The maximum atomic E-state index is 10.4. The Morgan fingerprint density at radius 3 is 0.871 bits per heavy atom. The molecule has 0 saturated carbocycles. The van der Waals surface area contributed by atoms with Gasteiger partial charge in [0.1, 0.15) is 0 Å². The summed E-state index contributed by atoms with van der Waals surface area (Å²) in [6.45, 7) is 27.0. The number of rotatable bonds is 3. The summed E-state index contributed by atoms with van der Waals surface area (Å²) in [6, 6.07) is 13.4. The lowest BCUT2D eigenvalue weighted by atomic mass is 9.76. The Morgan fingerprint density at radius 2 is 0.710 bits per heavy atom. The molecule has 2 aromatic carbocycles. The Balaban J connectivity index is 2.78. The van der Waals surface area contributed by atoms with Crippen molar-refractivity contribution in [1.82, 2.24) is 5.48 Å². The predicted molar refractivity (Wildman–Crippen MR) is 134 cm³/mol. The Morgan fingerprint density at radius 1 is 0.484 bits per heavy atom. The van der Waals surface area contributed by atoms with E-state index in [1.807, 2.05) is 0 Å². The van der Waals surface area contributed by atoms with E-state index in [1.165, 1.54) is 22.3 Å². The monoisotopic (exact) mass is 423 g/mol. The molecule has 0 fully saturated rings. The van der Waals surface area contributed by atoms with Crippen LogP contribution in [0.5, 0.6) is 0 Å². The summed E-state index contributed by atoms with van der Waals surface area (Å²) in [5, 5.41) is 10.4. The SMILES string of the molecule is CC(C)(C)c1cc(C(NO)c2cc(C(C)(C)C)cc(C(C)(C)C)c2)cc(C(C)(C)C)c1. The van der Waals surface area contributed by atoms with Gasteiger partial charge < -0.3 is 5.21 Å². The average molecular weight is 424 g/mol. The third kappa shape index (κ3) is 6.20. The normalized spacial score (nSPS) is 13.7. The van der Waals surface area contributed by atoms with Crippen molar-refractivity contribution < 1.29 is 5.21 Å². The molecule has 0 heterocycles. The van der Waals surface area contributed by atoms with E-state index in [4.69, 9.17) is 0 Å². The molecule has 2 N–H and O–H groups in total. The van der Waals surface area contributed by atoms with Crippen molar-refractivity contribution in [2.75, 3.05) is 0 Å². The van der Waals surface area contributed by atoms with Crippen LogP contribution in [0.15, 0.2) is 36.4 Å². The third-order valence-corrected chi connectivity index (χ3v) is 6.17. The van der Waals surface area contributed by atoms with Crippen molar-refractivity contribution >= 4 is 0 Å². The van der Waals surface area contributed by atoms with Crippen LogP contribution >= 0.6 is 0 Å². The van der Waals surface area contributed by atoms with Gasteiger partial charge >= 0.3 is 0 Å². The van der Waals surface area contributed by atoms with Crippen LogP contribution in [0.4, 0.5) is 0 Å². The number of hydrogen-bond acceptors (Lipinski definition) is 2. The zero-order chi connectivity index (χ0) is 24.0. The lowest BCUT2D eigenvalue weighted by Gasteiger charge is -2.30. The Kier molecular flexibility index (Phi) is 6.92. The first-order valence-corrected chi connectivity index (χ1v) is 11.6. The maximum absolute atomic E-state index is 10.4. The maximum Gasteiger partial charge on any atom is 0.0819 e. The van der Waals surface area contributed by atoms with Gasteiger partial charge in [0, 0.05) is 0 Å². The fourth-order valence-electron chi connectivity index (χ4n) is 3.71. The molecule has 0 aliphatic rings. The van der Waals surface area contributed by atoms with Crippen LogP contribution in [0.3, 0.4) is 0 Å². The van der Waals surface area contributed by atoms with Gasteiger partial charge in [-0.05, 0) is 55.0 Å². The van der Waals surface area contributed by atoms with E-state index >= 15 is 0 Å². The second kappa shape index (κ2) is 8.37. The molecule has 0 bridgehead atoms. The van der Waals surface area contributed by atoms with Crippen LogP contribution in [0.1, 0.15) is 123 Å². The van der Waals surface area contributed by atoms with Crippen molar-refractivity contribution in [3.63, 3.8) is 0 Å². The minimum atomic E-state index is -0.285. The molecule has 0 unspecified atom stereocenters. The number of nitrogens with one attached hydrogen (secondary N) is 1. The zero-order valence-electron chi connectivity index (χ0n) is 22.0.